The molecule has 126 valence electrons. The summed E-state index contributed by atoms with van der Waals surface area (Å²) >= 11 is 0. The van der Waals surface area contributed by atoms with Crippen LogP contribution in [0.1, 0.15) is 51.5 Å². The van der Waals surface area contributed by atoms with Gasteiger partial charge in [-0.3, -0.25) is 9.48 Å². The fourth-order valence-corrected chi connectivity index (χ4v) is 4.39. The minimum absolute atomic E-state index is 0.0365. The van der Waals surface area contributed by atoms with Crippen molar-refractivity contribution in [2.45, 2.75) is 64.0 Å². The summed E-state index contributed by atoms with van der Waals surface area (Å²) in [5.41, 5.74) is 1.18. The summed E-state index contributed by atoms with van der Waals surface area (Å²) in [7, 11) is 0. The van der Waals surface area contributed by atoms with E-state index in [0.717, 1.165) is 51.6 Å². The molecule has 23 heavy (non-hydrogen) atoms. The highest BCUT2D eigenvalue weighted by molar-refractivity contribution is 5.84. The molecule has 4 heterocycles. The number of carbonyl (C=O) groups excluding carboxylic acids is 1. The molecule has 0 atom stereocenters. The highest BCUT2D eigenvalue weighted by Crippen LogP contribution is 2.51. The standard InChI is InChI=1S/C18H27N3O2/c1-3-4-14-11-19-21(12-14)17(2)5-7-20(8-6-17)16(22)18-9-15(10-18)23-13-18/h11-12,15H,3-10,13H2,1-2H3. The second-order valence-electron chi connectivity index (χ2n) is 7.95. The third-order valence-corrected chi connectivity index (χ3v) is 6.14. The first-order chi connectivity index (χ1) is 11.0. The average molecular weight is 317 g/mol. The van der Waals surface area contributed by atoms with E-state index < -0.39 is 0 Å². The molecule has 4 fully saturated rings. The summed E-state index contributed by atoms with van der Waals surface area (Å²) in [6.07, 6.45) is 10.6. The summed E-state index contributed by atoms with van der Waals surface area (Å²) in [6, 6.07) is 0. The van der Waals surface area contributed by atoms with Crippen molar-refractivity contribution in [3.05, 3.63) is 18.0 Å². The fourth-order valence-electron chi connectivity index (χ4n) is 4.39. The van der Waals surface area contributed by atoms with E-state index in [2.05, 4.69) is 34.7 Å². The normalized spacial score (nSPS) is 31.9. The van der Waals surface area contributed by atoms with Gasteiger partial charge in [-0.1, -0.05) is 13.3 Å². The molecule has 0 spiro atoms. The van der Waals surface area contributed by atoms with Crippen molar-refractivity contribution < 1.29 is 9.53 Å². The number of piperidine rings is 1. The fraction of sp³-hybridized carbons (Fsp3) is 0.778. The van der Waals surface area contributed by atoms with Crippen LogP contribution in [0.2, 0.25) is 0 Å². The summed E-state index contributed by atoms with van der Waals surface area (Å²) in [6.45, 7) is 6.79. The maximum Gasteiger partial charge on any atom is 0.231 e. The molecule has 1 saturated carbocycles. The number of rotatable bonds is 4. The van der Waals surface area contributed by atoms with Gasteiger partial charge in [-0.05, 0) is 44.6 Å². The van der Waals surface area contributed by atoms with Crippen molar-refractivity contribution in [3.8, 4) is 0 Å². The third kappa shape index (κ3) is 2.40. The predicted octanol–water partition coefficient (Wildman–Crippen LogP) is 2.35. The second-order valence-corrected chi connectivity index (χ2v) is 7.95. The molecule has 0 N–H and O–H groups in total. The zero-order valence-electron chi connectivity index (χ0n) is 14.3. The van der Waals surface area contributed by atoms with E-state index in [-0.39, 0.29) is 11.0 Å². The molecule has 0 radical (unpaired) electrons. The van der Waals surface area contributed by atoms with Crippen LogP contribution >= 0.6 is 0 Å². The van der Waals surface area contributed by atoms with Crippen LogP contribution in [-0.4, -0.2) is 46.4 Å². The molecule has 4 aliphatic rings. The van der Waals surface area contributed by atoms with Gasteiger partial charge in [0.1, 0.15) is 0 Å². The van der Waals surface area contributed by atoms with E-state index in [1.807, 2.05) is 6.20 Å². The highest BCUT2D eigenvalue weighted by atomic mass is 16.5. The molecular weight excluding hydrogens is 290 g/mol. The number of amides is 1. The number of ether oxygens (including phenoxy) is 1. The number of aromatic nitrogens is 2. The van der Waals surface area contributed by atoms with Crippen molar-refractivity contribution in [1.29, 1.82) is 0 Å². The van der Waals surface area contributed by atoms with E-state index in [1.54, 1.807) is 0 Å². The SMILES string of the molecule is CCCc1cnn(C2(C)CCN(C(=O)C34COC(C3)C4)CC2)c1. The van der Waals surface area contributed by atoms with Crippen LogP contribution in [0.25, 0.3) is 0 Å². The van der Waals surface area contributed by atoms with Crippen LogP contribution in [0, 0.1) is 5.41 Å². The summed E-state index contributed by atoms with van der Waals surface area (Å²) in [4.78, 5) is 14.9. The zero-order chi connectivity index (χ0) is 16.1. The number of carbonyl (C=O) groups is 1. The topological polar surface area (TPSA) is 47.4 Å². The first-order valence-corrected chi connectivity index (χ1v) is 9.00. The zero-order valence-corrected chi connectivity index (χ0v) is 14.3. The number of fused-ring (bicyclic) bond motifs is 1. The lowest BCUT2D eigenvalue weighted by Gasteiger charge is -2.44. The highest BCUT2D eigenvalue weighted by Gasteiger charge is 2.58. The Hall–Kier alpha value is -1.36. The van der Waals surface area contributed by atoms with E-state index in [4.69, 9.17) is 4.74 Å². The van der Waals surface area contributed by atoms with Crippen LogP contribution < -0.4 is 0 Å². The van der Waals surface area contributed by atoms with Gasteiger partial charge in [0.2, 0.25) is 5.91 Å². The number of hydrogen-bond acceptors (Lipinski definition) is 3. The molecule has 5 heteroatoms. The van der Waals surface area contributed by atoms with Gasteiger partial charge in [0.15, 0.2) is 0 Å². The molecule has 3 saturated heterocycles. The van der Waals surface area contributed by atoms with Gasteiger partial charge in [-0.15, -0.1) is 0 Å². The summed E-state index contributed by atoms with van der Waals surface area (Å²) in [5.74, 6) is 0.334. The number of nitrogens with zero attached hydrogens (tertiary/aromatic N) is 3. The quantitative estimate of drug-likeness (QED) is 0.856. The maximum atomic E-state index is 12.8. The molecule has 3 aliphatic heterocycles. The van der Waals surface area contributed by atoms with Crippen LogP contribution in [0.5, 0.6) is 0 Å². The van der Waals surface area contributed by atoms with Crippen molar-refractivity contribution in [3.63, 3.8) is 0 Å². The molecule has 2 bridgehead atoms. The Balaban J connectivity index is 1.40. The van der Waals surface area contributed by atoms with E-state index >= 15 is 0 Å². The minimum Gasteiger partial charge on any atom is -0.377 e. The monoisotopic (exact) mass is 317 g/mol. The van der Waals surface area contributed by atoms with Crippen molar-refractivity contribution in [1.82, 2.24) is 14.7 Å². The van der Waals surface area contributed by atoms with Crippen LogP contribution in [0.3, 0.4) is 0 Å². The van der Waals surface area contributed by atoms with E-state index in [0.29, 0.717) is 18.6 Å². The molecule has 5 nitrogen and oxygen atoms in total. The molecular formula is C18H27N3O2. The number of hydrogen-bond donors (Lipinski definition) is 0. The molecule has 0 aromatic carbocycles. The lowest BCUT2D eigenvalue weighted by Crippen LogP contribution is -2.54. The average Bonchev–Trinajstić information content (AvgIpc) is 3.23. The lowest BCUT2D eigenvalue weighted by molar-refractivity contribution is -0.146. The Morgan fingerprint density at radius 3 is 2.74 bits per heavy atom. The minimum atomic E-state index is -0.168. The van der Waals surface area contributed by atoms with E-state index in [1.165, 1.54) is 5.56 Å². The molecule has 1 aromatic rings. The summed E-state index contributed by atoms with van der Waals surface area (Å²) < 4.78 is 7.75. The molecule has 5 rings (SSSR count). The molecule has 1 amide bonds. The lowest BCUT2D eigenvalue weighted by atomic mass is 9.69. The van der Waals surface area contributed by atoms with Gasteiger partial charge in [0, 0.05) is 19.3 Å². The van der Waals surface area contributed by atoms with Gasteiger partial charge < -0.3 is 9.64 Å². The van der Waals surface area contributed by atoms with Crippen LogP contribution in [-0.2, 0) is 21.5 Å². The Morgan fingerprint density at radius 1 is 1.39 bits per heavy atom. The third-order valence-electron chi connectivity index (χ3n) is 6.14. The second kappa shape index (κ2) is 5.33. The predicted molar refractivity (Wildman–Crippen MR) is 87.1 cm³/mol. The van der Waals surface area contributed by atoms with Crippen LogP contribution in [0.4, 0.5) is 0 Å². The smallest absolute Gasteiger partial charge is 0.231 e. The van der Waals surface area contributed by atoms with Crippen molar-refractivity contribution >= 4 is 5.91 Å². The Labute approximate surface area is 138 Å². The van der Waals surface area contributed by atoms with Crippen molar-refractivity contribution in [2.24, 2.45) is 5.41 Å². The molecule has 1 aromatic heterocycles. The molecule has 1 aliphatic carbocycles. The Bertz CT molecular complexity index is 590. The van der Waals surface area contributed by atoms with Gasteiger partial charge >= 0.3 is 0 Å². The van der Waals surface area contributed by atoms with Gasteiger partial charge in [0.25, 0.3) is 0 Å². The first-order valence-electron chi connectivity index (χ1n) is 9.00. The maximum absolute atomic E-state index is 12.8. The molecule has 0 unspecified atom stereocenters. The number of aryl methyl sites for hydroxylation is 1. The van der Waals surface area contributed by atoms with Crippen molar-refractivity contribution in [2.75, 3.05) is 19.7 Å². The largest absolute Gasteiger partial charge is 0.377 e. The van der Waals surface area contributed by atoms with Gasteiger partial charge in [-0.2, -0.15) is 5.10 Å². The van der Waals surface area contributed by atoms with Gasteiger partial charge in [-0.25, -0.2) is 0 Å². The summed E-state index contributed by atoms with van der Waals surface area (Å²) in [5, 5.41) is 4.59. The first kappa shape index (κ1) is 15.2. The number of likely N-dealkylation sites (tertiary alicyclic amines) is 1. The Kier molecular flexibility index (Phi) is 3.52. The Morgan fingerprint density at radius 2 is 2.13 bits per heavy atom. The van der Waals surface area contributed by atoms with E-state index in [9.17, 15) is 4.79 Å². The van der Waals surface area contributed by atoms with Crippen LogP contribution in [0.15, 0.2) is 12.4 Å². The van der Waals surface area contributed by atoms with Gasteiger partial charge in [0.05, 0.1) is 29.9 Å².